The molecule has 2 aromatic carbocycles. The van der Waals surface area contributed by atoms with Crippen molar-refractivity contribution in [2.75, 3.05) is 25.8 Å². The largest absolute Gasteiger partial charge is 0.491 e. The number of benzene rings is 2. The van der Waals surface area contributed by atoms with Crippen LogP contribution in [0.3, 0.4) is 0 Å². The van der Waals surface area contributed by atoms with Gasteiger partial charge in [0, 0.05) is 28.5 Å². The Hall–Kier alpha value is -3.39. The summed E-state index contributed by atoms with van der Waals surface area (Å²) >= 11 is 1.67. The molecule has 4 rings (SSSR count). The molecule has 1 aliphatic rings. The molecule has 0 aliphatic carbocycles. The number of nitrogens with zero attached hydrogens (tertiary/aromatic N) is 1. The summed E-state index contributed by atoms with van der Waals surface area (Å²) in [6, 6.07) is 17.1. The lowest BCUT2D eigenvalue weighted by Crippen LogP contribution is -2.20. The van der Waals surface area contributed by atoms with E-state index in [1.54, 1.807) is 42.2 Å². The molecule has 0 unspecified atom stereocenters. The fraction of sp³-hybridized carbons (Fsp3) is 0.182. The van der Waals surface area contributed by atoms with Crippen LogP contribution in [-0.4, -0.2) is 31.4 Å². The third-order valence-corrected chi connectivity index (χ3v) is 5.30. The number of carbonyl (C=O) groups is 1. The lowest BCUT2D eigenvalue weighted by molar-refractivity contribution is -0.118. The van der Waals surface area contributed by atoms with Crippen molar-refractivity contribution in [3.8, 4) is 23.0 Å². The SMILES string of the molecule is COc1cnc(CSc2ccccc2)cc1OCC(=O)Nc1ccc2c(c1)OCO2. The van der Waals surface area contributed by atoms with Crippen LogP contribution in [0.4, 0.5) is 5.69 Å². The van der Waals surface area contributed by atoms with E-state index < -0.39 is 0 Å². The van der Waals surface area contributed by atoms with Crippen molar-refractivity contribution in [2.24, 2.45) is 0 Å². The van der Waals surface area contributed by atoms with Gasteiger partial charge in [-0.25, -0.2) is 0 Å². The van der Waals surface area contributed by atoms with Crippen molar-refractivity contribution in [1.82, 2.24) is 4.98 Å². The molecule has 0 saturated heterocycles. The second-order valence-corrected chi connectivity index (χ2v) is 7.38. The van der Waals surface area contributed by atoms with E-state index >= 15 is 0 Å². The quantitative estimate of drug-likeness (QED) is 0.545. The van der Waals surface area contributed by atoms with E-state index in [-0.39, 0.29) is 19.3 Å². The Balaban J connectivity index is 1.36. The average molecular weight is 424 g/mol. The van der Waals surface area contributed by atoms with Gasteiger partial charge in [0.05, 0.1) is 19.0 Å². The van der Waals surface area contributed by atoms with E-state index in [2.05, 4.69) is 10.3 Å². The molecule has 154 valence electrons. The molecular formula is C22H20N2O5S. The fourth-order valence-corrected chi connectivity index (χ4v) is 3.62. The number of rotatable bonds is 8. The molecule has 0 saturated carbocycles. The van der Waals surface area contributed by atoms with E-state index in [1.807, 2.05) is 30.3 Å². The van der Waals surface area contributed by atoms with Gasteiger partial charge in [0.15, 0.2) is 29.6 Å². The number of anilines is 1. The summed E-state index contributed by atoms with van der Waals surface area (Å²) < 4.78 is 21.6. The second-order valence-electron chi connectivity index (χ2n) is 6.33. The minimum Gasteiger partial charge on any atom is -0.491 e. The Kier molecular flexibility index (Phi) is 6.24. The fourth-order valence-electron chi connectivity index (χ4n) is 2.80. The zero-order chi connectivity index (χ0) is 20.8. The average Bonchev–Trinajstić information content (AvgIpc) is 3.25. The van der Waals surface area contributed by atoms with Crippen LogP contribution < -0.4 is 24.3 Å². The molecule has 1 amide bonds. The minimum atomic E-state index is -0.298. The van der Waals surface area contributed by atoms with Crippen LogP contribution in [0.15, 0.2) is 65.7 Å². The normalized spacial score (nSPS) is 11.8. The van der Waals surface area contributed by atoms with Gasteiger partial charge in [-0.3, -0.25) is 9.78 Å². The highest BCUT2D eigenvalue weighted by Crippen LogP contribution is 2.34. The maximum atomic E-state index is 12.3. The molecule has 8 heteroatoms. The van der Waals surface area contributed by atoms with Crippen LogP contribution >= 0.6 is 11.8 Å². The van der Waals surface area contributed by atoms with Crippen molar-refractivity contribution in [3.63, 3.8) is 0 Å². The first kappa shape index (κ1) is 19.9. The van der Waals surface area contributed by atoms with Crippen molar-refractivity contribution in [2.45, 2.75) is 10.6 Å². The van der Waals surface area contributed by atoms with Gasteiger partial charge in [0.1, 0.15) is 0 Å². The highest BCUT2D eigenvalue weighted by molar-refractivity contribution is 7.98. The monoisotopic (exact) mass is 424 g/mol. The van der Waals surface area contributed by atoms with Crippen molar-refractivity contribution < 1.29 is 23.7 Å². The Morgan fingerprint density at radius 3 is 2.77 bits per heavy atom. The second kappa shape index (κ2) is 9.41. The number of methoxy groups -OCH3 is 1. The van der Waals surface area contributed by atoms with Crippen LogP contribution in [-0.2, 0) is 10.5 Å². The Morgan fingerprint density at radius 1 is 1.10 bits per heavy atom. The van der Waals surface area contributed by atoms with Crippen LogP contribution in [0.5, 0.6) is 23.0 Å². The number of fused-ring (bicyclic) bond motifs is 1. The number of hydrogen-bond donors (Lipinski definition) is 1. The van der Waals surface area contributed by atoms with Gasteiger partial charge in [-0.1, -0.05) is 18.2 Å². The van der Waals surface area contributed by atoms with E-state index in [9.17, 15) is 4.79 Å². The van der Waals surface area contributed by atoms with Gasteiger partial charge in [0.25, 0.3) is 5.91 Å². The molecule has 0 radical (unpaired) electrons. The van der Waals surface area contributed by atoms with Crippen LogP contribution in [0.2, 0.25) is 0 Å². The Bertz CT molecular complexity index is 1030. The van der Waals surface area contributed by atoms with E-state index in [0.29, 0.717) is 34.4 Å². The number of thioether (sulfide) groups is 1. The first-order valence-electron chi connectivity index (χ1n) is 9.24. The molecule has 1 aromatic heterocycles. The van der Waals surface area contributed by atoms with Crippen LogP contribution in [0.25, 0.3) is 0 Å². The summed E-state index contributed by atoms with van der Waals surface area (Å²) in [5.41, 5.74) is 1.44. The highest BCUT2D eigenvalue weighted by Gasteiger charge is 2.15. The van der Waals surface area contributed by atoms with Gasteiger partial charge in [0.2, 0.25) is 6.79 Å². The molecular weight excluding hydrogens is 404 g/mol. The smallest absolute Gasteiger partial charge is 0.262 e. The topological polar surface area (TPSA) is 78.9 Å². The number of nitrogens with one attached hydrogen (secondary N) is 1. The number of pyridine rings is 1. The molecule has 1 aliphatic heterocycles. The Labute approximate surface area is 178 Å². The standard InChI is InChI=1S/C22H20N2O5S/c1-26-21-11-23-16(13-30-17-5-3-2-4-6-17)10-20(21)27-12-22(25)24-15-7-8-18-19(9-15)29-14-28-18/h2-11H,12-14H2,1H3,(H,24,25). The third kappa shape index (κ3) is 4.96. The molecule has 0 bridgehead atoms. The molecule has 7 nitrogen and oxygen atoms in total. The molecule has 30 heavy (non-hydrogen) atoms. The maximum absolute atomic E-state index is 12.3. The van der Waals surface area contributed by atoms with Crippen molar-refractivity contribution in [1.29, 1.82) is 0 Å². The molecule has 1 N–H and O–H groups in total. The highest BCUT2D eigenvalue weighted by atomic mass is 32.2. The first-order valence-corrected chi connectivity index (χ1v) is 10.2. The summed E-state index contributed by atoms with van der Waals surface area (Å²) in [6.07, 6.45) is 1.60. The lowest BCUT2D eigenvalue weighted by atomic mass is 10.3. The van der Waals surface area contributed by atoms with Crippen molar-refractivity contribution >= 4 is 23.4 Å². The zero-order valence-electron chi connectivity index (χ0n) is 16.3. The molecule has 2 heterocycles. The number of hydrogen-bond acceptors (Lipinski definition) is 7. The number of ether oxygens (including phenoxy) is 4. The van der Waals surface area contributed by atoms with Crippen LogP contribution in [0, 0.1) is 0 Å². The minimum absolute atomic E-state index is 0.167. The number of aromatic nitrogens is 1. The first-order chi connectivity index (χ1) is 14.7. The van der Waals surface area contributed by atoms with Gasteiger partial charge in [-0.2, -0.15) is 0 Å². The Morgan fingerprint density at radius 2 is 1.93 bits per heavy atom. The van der Waals surface area contributed by atoms with Gasteiger partial charge < -0.3 is 24.3 Å². The number of amides is 1. The van der Waals surface area contributed by atoms with E-state index in [4.69, 9.17) is 18.9 Å². The van der Waals surface area contributed by atoms with Gasteiger partial charge >= 0.3 is 0 Å². The van der Waals surface area contributed by atoms with Gasteiger partial charge in [-0.05, 0) is 24.3 Å². The third-order valence-electron chi connectivity index (χ3n) is 4.25. The molecule has 3 aromatic rings. The van der Waals surface area contributed by atoms with E-state index in [1.165, 1.54) is 7.11 Å². The van der Waals surface area contributed by atoms with E-state index in [0.717, 1.165) is 10.6 Å². The van der Waals surface area contributed by atoms with Gasteiger partial charge in [-0.15, -0.1) is 11.8 Å². The molecule has 0 spiro atoms. The molecule has 0 atom stereocenters. The predicted octanol–water partition coefficient (Wildman–Crippen LogP) is 4.13. The van der Waals surface area contributed by atoms with Crippen molar-refractivity contribution in [3.05, 3.63) is 66.5 Å². The molecule has 0 fully saturated rings. The predicted molar refractivity (Wildman–Crippen MR) is 113 cm³/mol. The number of carbonyl (C=O) groups excluding carboxylic acids is 1. The summed E-state index contributed by atoms with van der Waals surface area (Å²) in [5, 5.41) is 2.78. The lowest BCUT2D eigenvalue weighted by Gasteiger charge is -2.12. The van der Waals surface area contributed by atoms with Crippen LogP contribution in [0.1, 0.15) is 5.69 Å². The zero-order valence-corrected chi connectivity index (χ0v) is 17.1. The summed E-state index contributed by atoms with van der Waals surface area (Å²) in [5.74, 6) is 2.58. The summed E-state index contributed by atoms with van der Waals surface area (Å²) in [4.78, 5) is 17.9. The summed E-state index contributed by atoms with van der Waals surface area (Å²) in [6.45, 7) is 0.0165. The summed E-state index contributed by atoms with van der Waals surface area (Å²) in [7, 11) is 1.54. The maximum Gasteiger partial charge on any atom is 0.262 e.